The van der Waals surface area contributed by atoms with Gasteiger partial charge < -0.3 is 4.74 Å². The van der Waals surface area contributed by atoms with Crippen LogP contribution in [0.15, 0.2) is 42.5 Å². The Morgan fingerprint density at radius 2 is 1.81 bits per heavy atom. The standard InChI is InChI=1S/C21H26ClNO3S/c1-21(2)18(11-7-15-13-16(22)8-12-19(15)26-3)20(21)14-5-9-17(10-6-14)23-27(4,24)25/h5-6,8-10,12-13,18,20,23H,7,11H2,1-4H3/t18-,20-/m1/s1. The topological polar surface area (TPSA) is 55.4 Å². The van der Waals surface area contributed by atoms with Gasteiger partial charge in [0.2, 0.25) is 10.0 Å². The first-order chi connectivity index (χ1) is 12.6. The molecule has 1 saturated carbocycles. The predicted molar refractivity (Wildman–Crippen MR) is 111 cm³/mol. The number of ether oxygens (including phenoxy) is 1. The number of rotatable bonds is 7. The first kappa shape index (κ1) is 20.0. The number of halogens is 1. The van der Waals surface area contributed by atoms with Gasteiger partial charge in [0.25, 0.3) is 0 Å². The van der Waals surface area contributed by atoms with Crippen molar-refractivity contribution in [3.63, 3.8) is 0 Å². The van der Waals surface area contributed by atoms with Crippen LogP contribution >= 0.6 is 11.6 Å². The van der Waals surface area contributed by atoms with Crippen LogP contribution in [0.25, 0.3) is 0 Å². The third-order valence-electron chi connectivity index (χ3n) is 5.59. The molecule has 1 N–H and O–H groups in total. The van der Waals surface area contributed by atoms with E-state index in [4.69, 9.17) is 16.3 Å². The number of methoxy groups -OCH3 is 1. The van der Waals surface area contributed by atoms with Crippen molar-refractivity contribution in [3.05, 3.63) is 58.6 Å². The maximum absolute atomic E-state index is 11.4. The molecule has 0 saturated heterocycles. The van der Waals surface area contributed by atoms with Crippen LogP contribution in [0, 0.1) is 11.3 Å². The molecule has 0 heterocycles. The quantitative estimate of drug-likeness (QED) is 0.695. The van der Waals surface area contributed by atoms with Gasteiger partial charge in [0.1, 0.15) is 5.75 Å². The highest BCUT2D eigenvalue weighted by atomic mass is 35.5. The van der Waals surface area contributed by atoms with Crippen LogP contribution in [-0.4, -0.2) is 21.8 Å². The monoisotopic (exact) mass is 407 g/mol. The summed E-state index contributed by atoms with van der Waals surface area (Å²) < 4.78 is 30.7. The van der Waals surface area contributed by atoms with Crippen LogP contribution in [0.4, 0.5) is 5.69 Å². The van der Waals surface area contributed by atoms with E-state index in [1.807, 2.05) is 42.5 Å². The second-order valence-corrected chi connectivity index (χ2v) is 10.1. The summed E-state index contributed by atoms with van der Waals surface area (Å²) in [7, 11) is -1.57. The van der Waals surface area contributed by atoms with Gasteiger partial charge in [-0.25, -0.2) is 8.42 Å². The lowest BCUT2D eigenvalue weighted by atomic mass is 10.0. The highest BCUT2D eigenvalue weighted by Crippen LogP contribution is 2.66. The lowest BCUT2D eigenvalue weighted by Gasteiger charge is -2.09. The molecule has 0 aromatic heterocycles. The molecule has 0 aliphatic heterocycles. The molecular weight excluding hydrogens is 382 g/mol. The molecule has 0 bridgehead atoms. The molecule has 4 nitrogen and oxygen atoms in total. The zero-order valence-corrected chi connectivity index (χ0v) is 17.7. The van der Waals surface area contributed by atoms with Crippen LogP contribution in [0.5, 0.6) is 5.75 Å². The summed E-state index contributed by atoms with van der Waals surface area (Å²) in [6.45, 7) is 4.58. The van der Waals surface area contributed by atoms with Gasteiger partial charge in [-0.15, -0.1) is 0 Å². The van der Waals surface area contributed by atoms with Crippen molar-refractivity contribution in [2.75, 3.05) is 18.1 Å². The van der Waals surface area contributed by atoms with Gasteiger partial charge in [-0.2, -0.15) is 0 Å². The van der Waals surface area contributed by atoms with E-state index in [-0.39, 0.29) is 5.41 Å². The summed E-state index contributed by atoms with van der Waals surface area (Å²) in [5, 5.41) is 0.728. The molecule has 0 unspecified atom stereocenters. The van der Waals surface area contributed by atoms with Crippen LogP contribution in [0.3, 0.4) is 0 Å². The SMILES string of the molecule is COc1ccc(Cl)cc1CC[C@@H]1[C@@H](c2ccc(NS(C)(=O)=O)cc2)C1(C)C. The fourth-order valence-electron chi connectivity index (χ4n) is 4.17. The van der Waals surface area contributed by atoms with E-state index >= 15 is 0 Å². The molecule has 2 atom stereocenters. The minimum Gasteiger partial charge on any atom is -0.496 e. The van der Waals surface area contributed by atoms with E-state index in [9.17, 15) is 8.42 Å². The van der Waals surface area contributed by atoms with Crippen molar-refractivity contribution in [2.45, 2.75) is 32.6 Å². The van der Waals surface area contributed by atoms with Crippen molar-refractivity contribution in [1.29, 1.82) is 0 Å². The number of anilines is 1. The third kappa shape index (κ3) is 4.58. The number of hydrogen-bond acceptors (Lipinski definition) is 3. The van der Waals surface area contributed by atoms with Gasteiger partial charge in [0.05, 0.1) is 13.4 Å². The minimum absolute atomic E-state index is 0.220. The summed E-state index contributed by atoms with van der Waals surface area (Å²) >= 11 is 6.14. The van der Waals surface area contributed by atoms with Crippen molar-refractivity contribution in [2.24, 2.45) is 11.3 Å². The Morgan fingerprint density at radius 3 is 2.41 bits per heavy atom. The van der Waals surface area contributed by atoms with Gasteiger partial charge in [-0.3, -0.25) is 4.72 Å². The van der Waals surface area contributed by atoms with Crippen molar-refractivity contribution in [3.8, 4) is 5.75 Å². The molecule has 2 aromatic carbocycles. The smallest absolute Gasteiger partial charge is 0.229 e. The van der Waals surface area contributed by atoms with E-state index in [1.165, 1.54) is 5.56 Å². The van der Waals surface area contributed by atoms with E-state index < -0.39 is 10.0 Å². The Morgan fingerprint density at radius 1 is 1.15 bits per heavy atom. The fourth-order valence-corrected chi connectivity index (χ4v) is 4.93. The van der Waals surface area contributed by atoms with Crippen LogP contribution in [-0.2, 0) is 16.4 Å². The average molecular weight is 408 g/mol. The molecule has 0 spiro atoms. The van der Waals surface area contributed by atoms with Crippen LogP contribution < -0.4 is 9.46 Å². The number of benzene rings is 2. The first-order valence-electron chi connectivity index (χ1n) is 9.02. The summed E-state index contributed by atoms with van der Waals surface area (Å²) in [5.41, 5.74) is 3.21. The molecule has 0 amide bonds. The van der Waals surface area contributed by atoms with Gasteiger partial charge in [-0.1, -0.05) is 37.6 Å². The summed E-state index contributed by atoms with van der Waals surface area (Å²) in [4.78, 5) is 0. The Balaban J connectivity index is 1.69. The summed E-state index contributed by atoms with van der Waals surface area (Å²) in [5.74, 6) is 1.91. The summed E-state index contributed by atoms with van der Waals surface area (Å²) in [6, 6.07) is 13.5. The molecule has 1 aliphatic rings. The Labute approximate surface area is 166 Å². The maximum Gasteiger partial charge on any atom is 0.229 e. The van der Waals surface area contributed by atoms with Crippen molar-refractivity contribution >= 4 is 27.3 Å². The molecule has 0 radical (unpaired) electrons. The number of nitrogens with one attached hydrogen (secondary N) is 1. The highest BCUT2D eigenvalue weighted by molar-refractivity contribution is 7.92. The first-order valence-corrected chi connectivity index (χ1v) is 11.3. The van der Waals surface area contributed by atoms with Gasteiger partial charge in [0.15, 0.2) is 0 Å². The Bertz CT molecular complexity index is 923. The molecule has 1 fully saturated rings. The highest BCUT2D eigenvalue weighted by Gasteiger charge is 2.57. The maximum atomic E-state index is 11.4. The minimum atomic E-state index is -3.25. The van der Waals surface area contributed by atoms with Gasteiger partial charge in [-0.05, 0) is 71.6 Å². The molecule has 2 aromatic rings. The molecule has 1 aliphatic carbocycles. The van der Waals surface area contributed by atoms with Gasteiger partial charge in [0, 0.05) is 10.7 Å². The zero-order valence-electron chi connectivity index (χ0n) is 16.1. The van der Waals surface area contributed by atoms with Crippen LogP contribution in [0.2, 0.25) is 5.02 Å². The Kier molecular flexibility index (Phi) is 5.46. The van der Waals surface area contributed by atoms with Crippen molar-refractivity contribution < 1.29 is 13.2 Å². The second kappa shape index (κ2) is 7.36. The normalized spacial score (nSPS) is 20.9. The zero-order chi connectivity index (χ0) is 19.8. The predicted octanol–water partition coefficient (Wildman–Crippen LogP) is 5.09. The van der Waals surface area contributed by atoms with Gasteiger partial charge >= 0.3 is 0 Å². The molecule has 3 rings (SSSR count). The Hall–Kier alpha value is -1.72. The molecule has 27 heavy (non-hydrogen) atoms. The number of hydrogen-bond donors (Lipinski definition) is 1. The lowest BCUT2D eigenvalue weighted by Crippen LogP contribution is -2.09. The lowest BCUT2D eigenvalue weighted by molar-refractivity contribution is 0.407. The van der Waals surface area contributed by atoms with Crippen molar-refractivity contribution in [1.82, 2.24) is 0 Å². The molecule has 6 heteroatoms. The molecular formula is C21H26ClNO3S. The van der Waals surface area contributed by atoms with E-state index in [2.05, 4.69) is 18.6 Å². The van der Waals surface area contributed by atoms with E-state index in [0.717, 1.165) is 35.4 Å². The average Bonchev–Trinajstić information content (AvgIpc) is 3.13. The van der Waals surface area contributed by atoms with E-state index in [0.29, 0.717) is 17.5 Å². The summed E-state index contributed by atoms with van der Waals surface area (Å²) in [6.07, 6.45) is 3.13. The van der Waals surface area contributed by atoms with E-state index in [1.54, 1.807) is 7.11 Å². The largest absolute Gasteiger partial charge is 0.496 e. The number of aryl methyl sites for hydroxylation is 1. The second-order valence-electron chi connectivity index (χ2n) is 7.90. The fraction of sp³-hybridized carbons (Fsp3) is 0.429. The number of sulfonamides is 1. The molecule has 146 valence electrons. The van der Waals surface area contributed by atoms with Crippen LogP contribution in [0.1, 0.15) is 37.3 Å². The third-order valence-corrected chi connectivity index (χ3v) is 6.43.